The van der Waals surface area contributed by atoms with E-state index in [-0.39, 0.29) is 6.04 Å². The van der Waals surface area contributed by atoms with Crippen LogP contribution >= 0.6 is 0 Å². The van der Waals surface area contributed by atoms with Crippen molar-refractivity contribution in [2.45, 2.75) is 46.2 Å². The van der Waals surface area contributed by atoms with Gasteiger partial charge >= 0.3 is 0 Å². The third-order valence-electron chi connectivity index (χ3n) is 2.96. The number of nitrogen functional groups attached to an aromatic ring is 1. The third kappa shape index (κ3) is 2.70. The average molecular weight is 235 g/mol. The predicted octanol–water partition coefficient (Wildman–Crippen LogP) is 1.92. The van der Waals surface area contributed by atoms with Gasteiger partial charge in [-0.3, -0.25) is 0 Å². The lowest BCUT2D eigenvalue weighted by atomic mass is 10.2. The van der Waals surface area contributed by atoms with Gasteiger partial charge in [-0.05, 0) is 20.3 Å². The molecule has 1 rings (SSSR count). The van der Waals surface area contributed by atoms with Gasteiger partial charge in [0, 0.05) is 19.6 Å². The highest BCUT2D eigenvalue weighted by Crippen LogP contribution is 2.27. The van der Waals surface area contributed by atoms with E-state index in [9.17, 15) is 0 Å². The monoisotopic (exact) mass is 235 g/mol. The fourth-order valence-electron chi connectivity index (χ4n) is 1.80. The Hall–Kier alpha value is -1.70. The number of nitrogens with two attached hydrogens (primary N) is 1. The molecule has 0 bridgehead atoms. The van der Waals surface area contributed by atoms with E-state index in [1.54, 1.807) is 0 Å². The molecule has 94 valence electrons. The van der Waals surface area contributed by atoms with Gasteiger partial charge in [0.05, 0.1) is 23.9 Å². The summed E-state index contributed by atoms with van der Waals surface area (Å²) in [6.45, 7) is 6.88. The summed E-state index contributed by atoms with van der Waals surface area (Å²) in [4.78, 5) is 2.04. The first-order valence-corrected chi connectivity index (χ1v) is 5.95. The topological polar surface area (TPSA) is 70.9 Å². The molecule has 0 aromatic carbocycles. The van der Waals surface area contributed by atoms with Crippen LogP contribution < -0.4 is 10.6 Å². The predicted molar refractivity (Wildman–Crippen MR) is 69.8 cm³/mol. The third-order valence-corrected chi connectivity index (χ3v) is 2.96. The lowest BCUT2D eigenvalue weighted by molar-refractivity contribution is 0.575. The zero-order valence-electron chi connectivity index (χ0n) is 11.1. The molecule has 1 unspecified atom stereocenters. The van der Waals surface area contributed by atoms with Gasteiger partial charge in [0.25, 0.3) is 0 Å². The minimum absolute atomic E-state index is 0.133. The first kappa shape index (κ1) is 13.4. The Bertz CT molecular complexity index is 415. The van der Waals surface area contributed by atoms with Gasteiger partial charge < -0.3 is 10.6 Å². The number of aromatic nitrogens is 2. The highest BCUT2D eigenvalue weighted by molar-refractivity contribution is 5.66. The molecule has 5 nitrogen and oxygen atoms in total. The van der Waals surface area contributed by atoms with Crippen LogP contribution in [0.2, 0.25) is 0 Å². The van der Waals surface area contributed by atoms with Crippen LogP contribution in [0.25, 0.3) is 0 Å². The van der Waals surface area contributed by atoms with Gasteiger partial charge in [0.15, 0.2) is 5.82 Å². The summed E-state index contributed by atoms with van der Waals surface area (Å²) in [5.41, 5.74) is 7.63. The van der Waals surface area contributed by atoms with Crippen LogP contribution in [0.4, 0.5) is 11.5 Å². The fraction of sp³-hybridized carbons (Fsp3) is 0.667. The van der Waals surface area contributed by atoms with Gasteiger partial charge in [-0.15, -0.1) is 0 Å². The van der Waals surface area contributed by atoms with Crippen molar-refractivity contribution in [3.63, 3.8) is 0 Å². The second-order valence-electron chi connectivity index (χ2n) is 4.37. The molecule has 0 saturated heterocycles. The Kier molecular flexibility index (Phi) is 4.38. The maximum atomic E-state index is 8.75. The lowest BCUT2D eigenvalue weighted by Gasteiger charge is -2.26. The number of nitrogens with zero attached hydrogens (tertiary/aromatic N) is 4. The minimum atomic E-state index is 0.133. The molecule has 0 fully saturated rings. The van der Waals surface area contributed by atoms with Crippen molar-refractivity contribution in [1.82, 2.24) is 9.78 Å². The molecule has 0 amide bonds. The number of hydrogen-bond donors (Lipinski definition) is 1. The maximum absolute atomic E-state index is 8.75. The van der Waals surface area contributed by atoms with Gasteiger partial charge in [-0.2, -0.15) is 10.4 Å². The zero-order chi connectivity index (χ0) is 13.0. The Morgan fingerprint density at radius 3 is 2.76 bits per heavy atom. The summed E-state index contributed by atoms with van der Waals surface area (Å²) in [6, 6.07) is 2.32. The molecule has 2 N–H and O–H groups in total. The van der Waals surface area contributed by atoms with Crippen molar-refractivity contribution < 1.29 is 0 Å². The normalized spacial score (nSPS) is 12.2. The van der Waals surface area contributed by atoms with E-state index in [4.69, 9.17) is 11.0 Å². The van der Waals surface area contributed by atoms with E-state index < -0.39 is 0 Å². The molecule has 1 heterocycles. The molecular formula is C12H21N5. The summed E-state index contributed by atoms with van der Waals surface area (Å²) in [6.07, 6.45) is 1.49. The van der Waals surface area contributed by atoms with Crippen molar-refractivity contribution >= 4 is 11.5 Å². The summed E-state index contributed by atoms with van der Waals surface area (Å²) in [5.74, 6) is 0.923. The fourth-order valence-corrected chi connectivity index (χ4v) is 1.80. The van der Waals surface area contributed by atoms with Gasteiger partial charge in [-0.25, -0.2) is 4.68 Å². The number of nitriles is 1. The van der Waals surface area contributed by atoms with Crippen molar-refractivity contribution in [2.24, 2.45) is 0 Å². The lowest BCUT2D eigenvalue weighted by Crippen LogP contribution is -2.31. The second kappa shape index (κ2) is 5.58. The summed E-state index contributed by atoms with van der Waals surface area (Å²) >= 11 is 0. The smallest absolute Gasteiger partial charge is 0.150 e. The van der Waals surface area contributed by atoms with Crippen LogP contribution in [0, 0.1) is 18.3 Å². The molecule has 1 atom stereocenters. The van der Waals surface area contributed by atoms with E-state index in [2.05, 4.69) is 18.1 Å². The minimum Gasteiger partial charge on any atom is -0.394 e. The van der Waals surface area contributed by atoms with Crippen LogP contribution in [0.15, 0.2) is 0 Å². The molecule has 0 saturated carbocycles. The summed E-state index contributed by atoms with van der Waals surface area (Å²) in [5, 5.41) is 13.2. The molecule has 0 aliphatic heterocycles. The SMILES string of the molecule is CCCn1nc(C)c(N)c1N(C)C(C)CC#N. The molecule has 1 aromatic rings. The highest BCUT2D eigenvalue weighted by atomic mass is 15.4. The molecule has 0 aliphatic rings. The largest absolute Gasteiger partial charge is 0.394 e. The first-order chi connectivity index (χ1) is 8.02. The van der Waals surface area contributed by atoms with Crippen molar-refractivity contribution in [2.75, 3.05) is 17.7 Å². The van der Waals surface area contributed by atoms with E-state index in [0.29, 0.717) is 12.1 Å². The number of hydrogen-bond acceptors (Lipinski definition) is 4. The van der Waals surface area contributed by atoms with Crippen LogP contribution in [-0.4, -0.2) is 22.9 Å². The van der Waals surface area contributed by atoms with Crippen molar-refractivity contribution in [3.05, 3.63) is 5.69 Å². The number of anilines is 2. The average Bonchev–Trinajstić information content (AvgIpc) is 2.55. The van der Waals surface area contributed by atoms with Gasteiger partial charge in [0.2, 0.25) is 0 Å². The highest BCUT2D eigenvalue weighted by Gasteiger charge is 2.19. The molecule has 0 aliphatic carbocycles. The molecule has 0 spiro atoms. The second-order valence-corrected chi connectivity index (χ2v) is 4.37. The Balaban J connectivity index is 3.06. The van der Waals surface area contributed by atoms with E-state index in [1.165, 1.54) is 0 Å². The molecule has 1 aromatic heterocycles. The first-order valence-electron chi connectivity index (χ1n) is 5.95. The summed E-state index contributed by atoms with van der Waals surface area (Å²) < 4.78 is 1.93. The van der Waals surface area contributed by atoms with E-state index in [0.717, 1.165) is 24.5 Å². The standard InChI is InChI=1S/C12H21N5/c1-5-8-17-12(11(14)10(3)15-17)16(4)9(2)6-7-13/h9H,5-6,8,14H2,1-4H3. The Morgan fingerprint density at radius 1 is 1.59 bits per heavy atom. The number of rotatable bonds is 5. The van der Waals surface area contributed by atoms with E-state index in [1.807, 2.05) is 30.5 Å². The van der Waals surface area contributed by atoms with Gasteiger partial charge in [0.1, 0.15) is 0 Å². The zero-order valence-corrected chi connectivity index (χ0v) is 11.1. The van der Waals surface area contributed by atoms with Crippen molar-refractivity contribution in [3.8, 4) is 6.07 Å². The number of aryl methyl sites for hydroxylation is 2. The van der Waals surface area contributed by atoms with Gasteiger partial charge in [-0.1, -0.05) is 6.92 Å². The van der Waals surface area contributed by atoms with Crippen molar-refractivity contribution in [1.29, 1.82) is 5.26 Å². The molecule has 0 radical (unpaired) electrons. The maximum Gasteiger partial charge on any atom is 0.150 e. The quantitative estimate of drug-likeness (QED) is 0.846. The van der Waals surface area contributed by atoms with Crippen LogP contribution in [-0.2, 0) is 6.54 Å². The van der Waals surface area contributed by atoms with Crippen LogP contribution in [0.3, 0.4) is 0 Å². The Morgan fingerprint density at radius 2 is 2.24 bits per heavy atom. The Labute approximate surface area is 103 Å². The van der Waals surface area contributed by atoms with E-state index >= 15 is 0 Å². The van der Waals surface area contributed by atoms with Crippen LogP contribution in [0.1, 0.15) is 32.4 Å². The molecule has 5 heteroatoms. The molecule has 17 heavy (non-hydrogen) atoms. The molecular weight excluding hydrogens is 214 g/mol. The summed E-state index contributed by atoms with van der Waals surface area (Å²) in [7, 11) is 1.96. The van der Waals surface area contributed by atoms with Crippen LogP contribution in [0.5, 0.6) is 0 Å².